The number of hydrogen-bond donors (Lipinski definition) is 1. The monoisotopic (exact) mass is 355 g/mol. The normalized spacial score (nSPS) is 10.1. The van der Waals surface area contributed by atoms with Gasteiger partial charge in [-0.25, -0.2) is 9.97 Å². The maximum absolute atomic E-state index is 5.52. The standard InChI is InChI=1S/C13H14IN3O/c1-2-7-18-12-5-3-11(4-6-12)17-13-15-8-10(14)9-16-13/h3-6,8-9H,2,7H2,1H3,(H,15,16,17). The zero-order valence-corrected chi connectivity index (χ0v) is 12.2. The lowest BCUT2D eigenvalue weighted by Gasteiger charge is -2.07. The lowest BCUT2D eigenvalue weighted by Crippen LogP contribution is -1.98. The molecule has 0 saturated heterocycles. The average molecular weight is 355 g/mol. The van der Waals surface area contributed by atoms with Gasteiger partial charge in [-0.15, -0.1) is 0 Å². The molecule has 0 spiro atoms. The van der Waals surface area contributed by atoms with Gasteiger partial charge in [0.15, 0.2) is 0 Å². The van der Waals surface area contributed by atoms with E-state index in [1.807, 2.05) is 24.3 Å². The molecule has 0 radical (unpaired) electrons. The first-order valence-corrected chi connectivity index (χ1v) is 6.83. The first-order valence-electron chi connectivity index (χ1n) is 5.75. The van der Waals surface area contributed by atoms with Gasteiger partial charge >= 0.3 is 0 Å². The number of ether oxygens (including phenoxy) is 1. The molecule has 1 heterocycles. The Hall–Kier alpha value is -1.37. The molecular weight excluding hydrogens is 341 g/mol. The number of anilines is 2. The van der Waals surface area contributed by atoms with Gasteiger partial charge in [0.05, 0.1) is 6.61 Å². The van der Waals surface area contributed by atoms with Crippen molar-refractivity contribution in [2.45, 2.75) is 13.3 Å². The molecule has 0 atom stereocenters. The summed E-state index contributed by atoms with van der Waals surface area (Å²) >= 11 is 2.18. The highest BCUT2D eigenvalue weighted by atomic mass is 127. The summed E-state index contributed by atoms with van der Waals surface area (Å²) < 4.78 is 6.53. The van der Waals surface area contributed by atoms with Crippen LogP contribution in [0.2, 0.25) is 0 Å². The van der Waals surface area contributed by atoms with Gasteiger partial charge in [0.2, 0.25) is 5.95 Å². The molecule has 2 aromatic rings. The van der Waals surface area contributed by atoms with Crippen LogP contribution >= 0.6 is 22.6 Å². The van der Waals surface area contributed by atoms with Gasteiger partial charge in [0.25, 0.3) is 0 Å². The van der Waals surface area contributed by atoms with Gasteiger partial charge in [0.1, 0.15) is 5.75 Å². The van der Waals surface area contributed by atoms with Crippen molar-refractivity contribution >= 4 is 34.2 Å². The summed E-state index contributed by atoms with van der Waals surface area (Å²) in [6, 6.07) is 7.77. The Morgan fingerprint density at radius 3 is 2.44 bits per heavy atom. The van der Waals surface area contributed by atoms with E-state index in [2.05, 4.69) is 44.8 Å². The first kappa shape index (κ1) is 13.1. The summed E-state index contributed by atoms with van der Waals surface area (Å²) in [6.45, 7) is 2.83. The fraction of sp³-hybridized carbons (Fsp3) is 0.231. The predicted octanol–water partition coefficient (Wildman–Crippen LogP) is 3.61. The van der Waals surface area contributed by atoms with Crippen LogP contribution in [-0.2, 0) is 0 Å². The highest BCUT2D eigenvalue weighted by Gasteiger charge is 1.98. The first-order chi connectivity index (χ1) is 8.78. The molecule has 1 aromatic heterocycles. The number of halogens is 1. The van der Waals surface area contributed by atoms with E-state index >= 15 is 0 Å². The Morgan fingerprint density at radius 2 is 1.83 bits per heavy atom. The van der Waals surface area contributed by atoms with Crippen molar-refractivity contribution in [2.75, 3.05) is 11.9 Å². The zero-order chi connectivity index (χ0) is 12.8. The van der Waals surface area contributed by atoms with Gasteiger partial charge in [-0.2, -0.15) is 0 Å². The topological polar surface area (TPSA) is 47.0 Å². The van der Waals surface area contributed by atoms with Gasteiger partial charge in [-0.1, -0.05) is 6.92 Å². The van der Waals surface area contributed by atoms with Crippen molar-refractivity contribution < 1.29 is 4.74 Å². The van der Waals surface area contributed by atoms with Crippen molar-refractivity contribution in [3.05, 3.63) is 40.2 Å². The van der Waals surface area contributed by atoms with Crippen LogP contribution in [0.15, 0.2) is 36.7 Å². The van der Waals surface area contributed by atoms with Crippen molar-refractivity contribution in [1.82, 2.24) is 9.97 Å². The Morgan fingerprint density at radius 1 is 1.17 bits per heavy atom. The van der Waals surface area contributed by atoms with Gasteiger partial charge in [0, 0.05) is 21.7 Å². The van der Waals surface area contributed by atoms with E-state index in [9.17, 15) is 0 Å². The molecule has 0 fully saturated rings. The summed E-state index contributed by atoms with van der Waals surface area (Å²) in [4.78, 5) is 8.37. The smallest absolute Gasteiger partial charge is 0.227 e. The second-order valence-corrected chi connectivity index (χ2v) is 4.97. The van der Waals surface area contributed by atoms with Crippen molar-refractivity contribution in [2.24, 2.45) is 0 Å². The number of rotatable bonds is 5. The quantitative estimate of drug-likeness (QED) is 0.833. The maximum atomic E-state index is 5.52. The zero-order valence-electron chi connectivity index (χ0n) is 10.1. The van der Waals surface area contributed by atoms with Crippen molar-refractivity contribution in [3.8, 4) is 5.75 Å². The molecule has 1 N–H and O–H groups in total. The van der Waals surface area contributed by atoms with E-state index < -0.39 is 0 Å². The predicted molar refractivity (Wildman–Crippen MR) is 80.3 cm³/mol. The Bertz CT molecular complexity index is 485. The molecule has 0 bridgehead atoms. The average Bonchev–Trinajstić information content (AvgIpc) is 2.41. The molecule has 94 valence electrons. The number of benzene rings is 1. The molecular formula is C13H14IN3O. The molecule has 0 amide bonds. The molecule has 18 heavy (non-hydrogen) atoms. The molecule has 1 aromatic carbocycles. The Balaban J connectivity index is 1.99. The van der Waals surface area contributed by atoms with Crippen molar-refractivity contribution in [3.63, 3.8) is 0 Å². The summed E-state index contributed by atoms with van der Waals surface area (Å²) in [6.07, 6.45) is 4.56. The largest absolute Gasteiger partial charge is 0.494 e. The van der Waals surface area contributed by atoms with Crippen LogP contribution in [0.25, 0.3) is 0 Å². The van der Waals surface area contributed by atoms with Crippen LogP contribution in [-0.4, -0.2) is 16.6 Å². The van der Waals surface area contributed by atoms with E-state index in [1.54, 1.807) is 12.4 Å². The van der Waals surface area contributed by atoms with E-state index in [0.29, 0.717) is 5.95 Å². The van der Waals surface area contributed by atoms with Crippen LogP contribution in [0, 0.1) is 3.57 Å². The van der Waals surface area contributed by atoms with E-state index in [-0.39, 0.29) is 0 Å². The van der Waals surface area contributed by atoms with Gasteiger partial charge in [-0.3, -0.25) is 0 Å². The second-order valence-electron chi connectivity index (χ2n) is 3.72. The van der Waals surface area contributed by atoms with Crippen LogP contribution < -0.4 is 10.1 Å². The SMILES string of the molecule is CCCOc1ccc(Nc2ncc(I)cn2)cc1. The minimum Gasteiger partial charge on any atom is -0.494 e. The lowest BCUT2D eigenvalue weighted by atomic mass is 10.3. The molecule has 0 unspecified atom stereocenters. The molecule has 2 rings (SSSR count). The third kappa shape index (κ3) is 3.83. The molecule has 4 nitrogen and oxygen atoms in total. The molecule has 0 aliphatic carbocycles. The summed E-state index contributed by atoms with van der Waals surface area (Å²) in [5, 5.41) is 3.13. The highest BCUT2D eigenvalue weighted by Crippen LogP contribution is 2.18. The third-order valence-corrected chi connectivity index (χ3v) is 2.76. The van der Waals surface area contributed by atoms with Gasteiger partial charge < -0.3 is 10.1 Å². The van der Waals surface area contributed by atoms with Crippen LogP contribution in [0.1, 0.15) is 13.3 Å². The highest BCUT2D eigenvalue weighted by molar-refractivity contribution is 14.1. The molecule has 0 aliphatic heterocycles. The Labute approximate surface area is 120 Å². The fourth-order valence-electron chi connectivity index (χ4n) is 1.36. The number of nitrogens with zero attached hydrogens (tertiary/aromatic N) is 2. The van der Waals surface area contributed by atoms with E-state index in [0.717, 1.165) is 28.0 Å². The number of hydrogen-bond acceptors (Lipinski definition) is 4. The summed E-state index contributed by atoms with van der Waals surface area (Å²) in [7, 11) is 0. The maximum Gasteiger partial charge on any atom is 0.227 e. The van der Waals surface area contributed by atoms with Crippen LogP contribution in [0.5, 0.6) is 5.75 Å². The van der Waals surface area contributed by atoms with Crippen LogP contribution in [0.4, 0.5) is 11.6 Å². The Kier molecular flexibility index (Phi) is 4.74. The third-order valence-electron chi connectivity index (χ3n) is 2.20. The number of aromatic nitrogens is 2. The second kappa shape index (κ2) is 6.53. The summed E-state index contributed by atoms with van der Waals surface area (Å²) in [5.41, 5.74) is 0.944. The fourth-order valence-corrected chi connectivity index (χ4v) is 1.64. The minimum absolute atomic E-state index is 0.595. The minimum atomic E-state index is 0.595. The number of nitrogens with one attached hydrogen (secondary N) is 1. The molecule has 0 aliphatic rings. The van der Waals surface area contributed by atoms with E-state index in [4.69, 9.17) is 4.74 Å². The lowest BCUT2D eigenvalue weighted by molar-refractivity contribution is 0.317. The molecule has 5 heteroatoms. The molecule has 0 saturated carbocycles. The van der Waals surface area contributed by atoms with Crippen LogP contribution in [0.3, 0.4) is 0 Å². The summed E-state index contributed by atoms with van der Waals surface area (Å²) in [5.74, 6) is 1.48. The van der Waals surface area contributed by atoms with Crippen molar-refractivity contribution in [1.29, 1.82) is 0 Å². The van der Waals surface area contributed by atoms with Gasteiger partial charge in [-0.05, 0) is 53.3 Å². The van der Waals surface area contributed by atoms with E-state index in [1.165, 1.54) is 0 Å².